The van der Waals surface area contributed by atoms with Gasteiger partial charge in [-0.1, -0.05) is 35.9 Å². The van der Waals surface area contributed by atoms with Crippen molar-refractivity contribution in [2.24, 2.45) is 11.8 Å². The van der Waals surface area contributed by atoms with Crippen LogP contribution in [0.15, 0.2) is 43.5 Å². The van der Waals surface area contributed by atoms with E-state index in [0.29, 0.717) is 36.4 Å². The molecule has 5 atom stereocenters. The highest BCUT2D eigenvalue weighted by Crippen LogP contribution is 2.59. The minimum absolute atomic E-state index is 0.137. The van der Waals surface area contributed by atoms with Crippen molar-refractivity contribution in [3.8, 4) is 0 Å². The van der Waals surface area contributed by atoms with Crippen molar-refractivity contribution < 1.29 is 29.0 Å². The van der Waals surface area contributed by atoms with E-state index in [1.54, 1.807) is 17.0 Å². The number of hydrogen-bond acceptors (Lipinski definition) is 6. The molecule has 1 N–H and O–H groups in total. The van der Waals surface area contributed by atoms with Gasteiger partial charge in [-0.05, 0) is 57.1 Å². The highest BCUT2D eigenvalue weighted by Gasteiger charge is 2.75. The Bertz CT molecular complexity index is 1070. The van der Waals surface area contributed by atoms with Gasteiger partial charge in [0.25, 0.3) is 5.91 Å². The Balaban J connectivity index is 1.68. The predicted molar refractivity (Wildman–Crippen MR) is 145 cm³/mol. The molecule has 0 aromatic heterocycles. The van der Waals surface area contributed by atoms with E-state index in [0.717, 1.165) is 18.4 Å². The highest BCUT2D eigenvalue weighted by molar-refractivity contribution is 6.34. The number of para-hydroxylation sites is 1. The summed E-state index contributed by atoms with van der Waals surface area (Å²) >= 11 is 6.55. The molecule has 38 heavy (non-hydrogen) atoms. The minimum Gasteiger partial charge on any atom is -0.465 e. The lowest BCUT2D eigenvalue weighted by Crippen LogP contribution is -2.56. The van der Waals surface area contributed by atoms with Crippen LogP contribution in [0.1, 0.15) is 44.1 Å². The summed E-state index contributed by atoms with van der Waals surface area (Å²) in [5, 5.41) is 9.95. The van der Waals surface area contributed by atoms with Crippen LogP contribution in [0.4, 0.5) is 5.69 Å². The van der Waals surface area contributed by atoms with Crippen molar-refractivity contribution in [3.05, 3.63) is 54.1 Å². The van der Waals surface area contributed by atoms with E-state index in [2.05, 4.69) is 13.2 Å². The average molecular weight is 545 g/mol. The normalized spacial score (nSPS) is 27.3. The first-order valence-corrected chi connectivity index (χ1v) is 13.7. The molecule has 3 aliphatic heterocycles. The third-order valence-electron chi connectivity index (χ3n) is 7.95. The molecule has 2 amide bonds. The number of allylic oxidation sites excluding steroid dienone is 1. The Morgan fingerprint density at radius 2 is 2.08 bits per heavy atom. The van der Waals surface area contributed by atoms with E-state index in [1.165, 1.54) is 4.90 Å². The molecule has 3 heterocycles. The largest absolute Gasteiger partial charge is 0.465 e. The molecule has 3 aliphatic rings. The molecule has 1 aromatic carbocycles. The van der Waals surface area contributed by atoms with Gasteiger partial charge in [0.1, 0.15) is 11.6 Å². The van der Waals surface area contributed by atoms with Crippen molar-refractivity contribution >= 4 is 35.1 Å². The summed E-state index contributed by atoms with van der Waals surface area (Å²) in [7, 11) is 0. The first-order valence-electron chi connectivity index (χ1n) is 13.4. The van der Waals surface area contributed by atoms with Crippen LogP contribution >= 0.6 is 11.6 Å². The number of aryl methyl sites for hydroxylation is 1. The molecule has 3 fully saturated rings. The van der Waals surface area contributed by atoms with Crippen LogP contribution in [0.3, 0.4) is 0 Å². The number of fused-ring (bicyclic) bond motifs is 1. The molecule has 2 bridgehead atoms. The SMILES string of the molecule is C=CCCCCOC(=O)[C@@H]1[C@H]2C(=O)N(CCCO)C(C(=O)N(CC=C)c3c(C)cccc3Cl)C23CC[C@H]1O3. The second-order valence-electron chi connectivity index (χ2n) is 10.3. The second-order valence-corrected chi connectivity index (χ2v) is 10.7. The summed E-state index contributed by atoms with van der Waals surface area (Å²) in [6, 6.07) is 4.44. The average Bonchev–Trinajstić information content (AvgIpc) is 3.53. The lowest BCUT2D eigenvalue weighted by Gasteiger charge is -2.37. The summed E-state index contributed by atoms with van der Waals surface area (Å²) < 4.78 is 12.0. The second kappa shape index (κ2) is 12.0. The lowest BCUT2D eigenvalue weighted by atomic mass is 9.70. The Morgan fingerprint density at radius 1 is 1.29 bits per heavy atom. The van der Waals surface area contributed by atoms with E-state index in [9.17, 15) is 19.5 Å². The minimum atomic E-state index is -1.14. The molecule has 0 radical (unpaired) electrons. The molecule has 206 valence electrons. The van der Waals surface area contributed by atoms with E-state index in [4.69, 9.17) is 21.1 Å². The smallest absolute Gasteiger partial charge is 0.312 e. The Labute approximate surface area is 229 Å². The monoisotopic (exact) mass is 544 g/mol. The summed E-state index contributed by atoms with van der Waals surface area (Å²) in [5.74, 6) is -2.67. The maximum absolute atomic E-state index is 14.4. The van der Waals surface area contributed by atoms with Crippen LogP contribution < -0.4 is 4.90 Å². The molecule has 3 saturated heterocycles. The van der Waals surface area contributed by atoms with Gasteiger partial charge in [-0.15, -0.1) is 13.2 Å². The molecule has 1 spiro atoms. The van der Waals surface area contributed by atoms with Crippen molar-refractivity contribution in [1.29, 1.82) is 0 Å². The number of likely N-dealkylation sites (tertiary alicyclic amines) is 1. The number of rotatable bonds is 13. The predicted octanol–water partition coefficient (Wildman–Crippen LogP) is 3.82. The number of ether oxygens (including phenoxy) is 2. The molecule has 2 unspecified atom stereocenters. The number of aliphatic hydroxyl groups excluding tert-OH is 1. The summed E-state index contributed by atoms with van der Waals surface area (Å²) in [4.78, 5) is 44.6. The standard InChI is InChI=1S/C29H37ClN2O6/c1-4-6-7-8-18-37-28(36)22-21-13-14-29(38-21)23(22)26(34)32(16-10-17-33)25(29)27(35)31(15-5-2)24-19(3)11-9-12-20(24)30/h4-5,9,11-12,21-23,25,33H,1-2,6-8,10,13-18H2,3H3/t21-,22+,23+,25?,29?/m1/s1. The van der Waals surface area contributed by atoms with Gasteiger partial charge in [-0.25, -0.2) is 0 Å². The van der Waals surface area contributed by atoms with Crippen LogP contribution in [0, 0.1) is 18.8 Å². The number of benzene rings is 1. The number of amides is 2. The number of hydrogen-bond donors (Lipinski definition) is 1. The van der Waals surface area contributed by atoms with E-state index < -0.39 is 35.6 Å². The maximum atomic E-state index is 14.4. The van der Waals surface area contributed by atoms with Gasteiger partial charge in [0, 0.05) is 19.7 Å². The third-order valence-corrected chi connectivity index (χ3v) is 8.25. The van der Waals surface area contributed by atoms with Crippen LogP contribution in [0.2, 0.25) is 5.02 Å². The van der Waals surface area contributed by atoms with Crippen LogP contribution in [-0.4, -0.2) is 71.8 Å². The van der Waals surface area contributed by atoms with Crippen molar-refractivity contribution in [2.45, 2.75) is 63.2 Å². The number of esters is 1. The number of halogens is 1. The molecular weight excluding hydrogens is 508 g/mol. The zero-order valence-electron chi connectivity index (χ0n) is 21.9. The van der Waals surface area contributed by atoms with Crippen molar-refractivity contribution in [1.82, 2.24) is 4.90 Å². The number of nitrogens with zero attached hydrogens (tertiary/aromatic N) is 2. The summed E-state index contributed by atoms with van der Waals surface area (Å²) in [6.07, 6.45) is 6.71. The van der Waals surface area contributed by atoms with Gasteiger partial charge in [0.05, 0.1) is 35.3 Å². The zero-order chi connectivity index (χ0) is 27.4. The summed E-state index contributed by atoms with van der Waals surface area (Å²) in [5.41, 5.74) is 0.217. The van der Waals surface area contributed by atoms with E-state index in [1.807, 2.05) is 25.1 Å². The number of unbranched alkanes of at least 4 members (excludes halogenated alkanes) is 2. The van der Waals surface area contributed by atoms with Gasteiger partial charge >= 0.3 is 5.97 Å². The number of anilines is 1. The summed E-state index contributed by atoms with van der Waals surface area (Å²) in [6.45, 7) is 9.88. The van der Waals surface area contributed by atoms with Crippen LogP contribution in [0.25, 0.3) is 0 Å². The Hall–Kier alpha value is -2.68. The molecule has 8 nitrogen and oxygen atoms in total. The van der Waals surface area contributed by atoms with E-state index >= 15 is 0 Å². The maximum Gasteiger partial charge on any atom is 0.312 e. The fourth-order valence-corrected chi connectivity index (χ4v) is 6.70. The van der Waals surface area contributed by atoms with Crippen molar-refractivity contribution in [2.75, 3.05) is 31.2 Å². The van der Waals surface area contributed by atoms with Crippen molar-refractivity contribution in [3.63, 3.8) is 0 Å². The third kappa shape index (κ3) is 4.90. The number of carbonyl (C=O) groups is 3. The first-order chi connectivity index (χ1) is 18.3. The van der Waals surface area contributed by atoms with E-state index in [-0.39, 0.29) is 38.1 Å². The number of carbonyl (C=O) groups excluding carboxylic acids is 3. The molecule has 0 aliphatic carbocycles. The Morgan fingerprint density at radius 3 is 2.76 bits per heavy atom. The molecule has 9 heteroatoms. The molecular formula is C29H37ClN2O6. The zero-order valence-corrected chi connectivity index (χ0v) is 22.7. The van der Waals surface area contributed by atoms with Gasteiger partial charge in [0.15, 0.2) is 0 Å². The Kier molecular flexibility index (Phi) is 8.96. The fraction of sp³-hybridized carbons (Fsp3) is 0.552. The van der Waals surface area contributed by atoms with Gasteiger partial charge in [-0.2, -0.15) is 0 Å². The van der Waals surface area contributed by atoms with Gasteiger partial charge in [0.2, 0.25) is 5.91 Å². The lowest BCUT2D eigenvalue weighted by molar-refractivity contribution is -0.155. The molecule has 1 aromatic rings. The van der Waals surface area contributed by atoms with Crippen LogP contribution in [0.5, 0.6) is 0 Å². The highest BCUT2D eigenvalue weighted by atomic mass is 35.5. The van der Waals surface area contributed by atoms with Gasteiger partial charge < -0.3 is 24.4 Å². The number of aliphatic hydroxyl groups is 1. The fourth-order valence-electron chi connectivity index (χ4n) is 6.37. The van der Waals surface area contributed by atoms with Gasteiger partial charge in [-0.3, -0.25) is 14.4 Å². The topological polar surface area (TPSA) is 96.4 Å². The molecule has 4 rings (SSSR count). The van der Waals surface area contributed by atoms with Crippen LogP contribution in [-0.2, 0) is 23.9 Å². The quantitative estimate of drug-likeness (QED) is 0.230. The first kappa shape index (κ1) is 28.3. The molecule has 0 saturated carbocycles.